The van der Waals surface area contributed by atoms with Crippen molar-refractivity contribution in [1.29, 1.82) is 0 Å². The van der Waals surface area contributed by atoms with Crippen molar-refractivity contribution in [3.05, 3.63) is 70.8 Å². The number of rotatable bonds is 4. The van der Waals surface area contributed by atoms with Crippen LogP contribution in [-0.2, 0) is 23.8 Å². The van der Waals surface area contributed by atoms with Crippen molar-refractivity contribution in [1.82, 2.24) is 5.48 Å². The monoisotopic (exact) mass is 363 g/mol. The van der Waals surface area contributed by atoms with Crippen molar-refractivity contribution in [2.45, 2.75) is 19.0 Å². The molecule has 25 heavy (non-hydrogen) atoms. The first-order chi connectivity index (χ1) is 11.6. The van der Waals surface area contributed by atoms with E-state index in [1.807, 2.05) is 5.48 Å². The van der Waals surface area contributed by atoms with Gasteiger partial charge < -0.3 is 0 Å². The third kappa shape index (κ3) is 4.96. The molecule has 0 saturated heterocycles. The summed E-state index contributed by atoms with van der Waals surface area (Å²) in [6.07, 6.45) is -9.21. The summed E-state index contributed by atoms with van der Waals surface area (Å²) in [5.41, 5.74) is -0.679. The molecule has 0 radical (unpaired) electrons. The molecule has 3 nitrogen and oxygen atoms in total. The van der Waals surface area contributed by atoms with Gasteiger partial charge in [-0.3, -0.25) is 9.63 Å². The molecule has 0 spiro atoms. The van der Waals surface area contributed by atoms with Crippen molar-refractivity contribution >= 4 is 5.91 Å². The topological polar surface area (TPSA) is 38.3 Å². The van der Waals surface area contributed by atoms with Gasteiger partial charge in [0.05, 0.1) is 11.1 Å². The van der Waals surface area contributed by atoms with E-state index in [-0.39, 0.29) is 11.1 Å². The summed E-state index contributed by atoms with van der Waals surface area (Å²) < 4.78 is 76.2. The van der Waals surface area contributed by atoms with E-state index in [1.165, 1.54) is 18.2 Å². The quantitative estimate of drug-likeness (QED) is 0.638. The average Bonchev–Trinajstić information content (AvgIpc) is 2.53. The highest BCUT2D eigenvalue weighted by Gasteiger charge is 2.33. The molecule has 2 rings (SSSR count). The fourth-order valence-electron chi connectivity index (χ4n) is 2.00. The SMILES string of the molecule is O=C(NOCc1ccccc1C(F)(F)F)c1cccc(C(F)(F)F)c1. The lowest BCUT2D eigenvalue weighted by atomic mass is 10.1. The maximum Gasteiger partial charge on any atom is 0.416 e. The van der Waals surface area contributed by atoms with Gasteiger partial charge in [0.25, 0.3) is 5.91 Å². The van der Waals surface area contributed by atoms with Gasteiger partial charge in [-0.1, -0.05) is 24.3 Å². The van der Waals surface area contributed by atoms with E-state index in [0.29, 0.717) is 6.07 Å². The van der Waals surface area contributed by atoms with E-state index in [9.17, 15) is 31.1 Å². The Morgan fingerprint density at radius 1 is 0.920 bits per heavy atom. The van der Waals surface area contributed by atoms with Gasteiger partial charge in [-0.05, 0) is 29.8 Å². The van der Waals surface area contributed by atoms with Gasteiger partial charge in [-0.2, -0.15) is 26.3 Å². The largest absolute Gasteiger partial charge is 0.416 e. The summed E-state index contributed by atoms with van der Waals surface area (Å²) in [6, 6.07) is 8.15. The zero-order valence-corrected chi connectivity index (χ0v) is 12.4. The standard InChI is InChI=1S/C16H11F6NO2/c17-15(18,19)12-6-3-5-10(8-12)14(24)23-25-9-11-4-1-2-7-13(11)16(20,21)22/h1-8H,9H2,(H,23,24). The number of hydrogen-bond donors (Lipinski definition) is 1. The molecule has 134 valence electrons. The maximum atomic E-state index is 12.8. The minimum atomic E-state index is -4.62. The highest BCUT2D eigenvalue weighted by Crippen LogP contribution is 2.32. The maximum absolute atomic E-state index is 12.8. The van der Waals surface area contributed by atoms with E-state index in [2.05, 4.69) is 0 Å². The number of hydroxylamine groups is 1. The van der Waals surface area contributed by atoms with Gasteiger partial charge in [0, 0.05) is 5.56 Å². The zero-order chi connectivity index (χ0) is 18.7. The van der Waals surface area contributed by atoms with Gasteiger partial charge in [0.2, 0.25) is 0 Å². The summed E-state index contributed by atoms with van der Waals surface area (Å²) in [7, 11) is 0. The van der Waals surface area contributed by atoms with E-state index in [0.717, 1.165) is 24.3 Å². The molecule has 0 aliphatic rings. The van der Waals surface area contributed by atoms with Gasteiger partial charge >= 0.3 is 12.4 Å². The Hall–Kier alpha value is -2.55. The molecule has 0 heterocycles. The smallest absolute Gasteiger partial charge is 0.269 e. The van der Waals surface area contributed by atoms with Crippen LogP contribution in [-0.4, -0.2) is 5.91 Å². The van der Waals surface area contributed by atoms with E-state index in [1.54, 1.807) is 0 Å². The number of hydrogen-bond acceptors (Lipinski definition) is 2. The molecule has 2 aromatic rings. The number of nitrogens with one attached hydrogen (secondary N) is 1. The van der Waals surface area contributed by atoms with Crippen LogP contribution in [0.4, 0.5) is 26.3 Å². The van der Waals surface area contributed by atoms with Crippen LogP contribution in [0.1, 0.15) is 27.0 Å². The van der Waals surface area contributed by atoms with Crippen molar-refractivity contribution < 1.29 is 36.0 Å². The van der Waals surface area contributed by atoms with E-state index < -0.39 is 36.0 Å². The van der Waals surface area contributed by atoms with Crippen molar-refractivity contribution in [2.24, 2.45) is 0 Å². The highest BCUT2D eigenvalue weighted by molar-refractivity contribution is 5.93. The summed E-state index contributed by atoms with van der Waals surface area (Å²) in [5, 5.41) is 0. The average molecular weight is 363 g/mol. The number of benzene rings is 2. The lowest BCUT2D eigenvalue weighted by molar-refractivity contribution is -0.139. The van der Waals surface area contributed by atoms with Gasteiger partial charge in [0.1, 0.15) is 6.61 Å². The Morgan fingerprint density at radius 3 is 2.24 bits per heavy atom. The second kappa shape index (κ2) is 7.14. The minimum Gasteiger partial charge on any atom is -0.269 e. The first-order valence-electron chi connectivity index (χ1n) is 6.83. The first-order valence-corrected chi connectivity index (χ1v) is 6.83. The normalized spacial score (nSPS) is 12.1. The molecule has 2 aromatic carbocycles. The minimum absolute atomic E-state index is 0.223. The van der Waals surface area contributed by atoms with Crippen LogP contribution in [0.25, 0.3) is 0 Å². The van der Waals surface area contributed by atoms with Crippen LogP contribution in [0, 0.1) is 0 Å². The Bertz CT molecular complexity index is 755. The Morgan fingerprint density at radius 2 is 1.60 bits per heavy atom. The molecule has 0 atom stereocenters. The van der Waals surface area contributed by atoms with Crippen LogP contribution in [0.15, 0.2) is 48.5 Å². The van der Waals surface area contributed by atoms with Gasteiger partial charge in [-0.15, -0.1) is 0 Å². The van der Waals surface area contributed by atoms with Crippen LogP contribution in [0.5, 0.6) is 0 Å². The molecule has 1 N–H and O–H groups in total. The van der Waals surface area contributed by atoms with Crippen LogP contribution in [0.2, 0.25) is 0 Å². The molecular formula is C16H11F6NO2. The van der Waals surface area contributed by atoms with Gasteiger partial charge in [0.15, 0.2) is 0 Å². The zero-order valence-electron chi connectivity index (χ0n) is 12.4. The van der Waals surface area contributed by atoms with Crippen molar-refractivity contribution in [3.63, 3.8) is 0 Å². The van der Waals surface area contributed by atoms with Crippen molar-refractivity contribution in [2.75, 3.05) is 0 Å². The summed E-state index contributed by atoms with van der Waals surface area (Å²) in [5.74, 6) is -1.00. The fraction of sp³-hybridized carbons (Fsp3) is 0.188. The molecule has 1 amide bonds. The lowest BCUT2D eigenvalue weighted by Gasteiger charge is -2.13. The van der Waals surface area contributed by atoms with Crippen molar-refractivity contribution in [3.8, 4) is 0 Å². The first kappa shape index (κ1) is 18.8. The summed E-state index contributed by atoms with van der Waals surface area (Å²) in [4.78, 5) is 16.5. The van der Waals surface area contributed by atoms with Gasteiger partial charge in [-0.25, -0.2) is 5.48 Å². The molecule has 9 heteroatoms. The Labute approximate surface area is 138 Å². The predicted molar refractivity (Wildman–Crippen MR) is 75.1 cm³/mol. The third-order valence-corrected chi connectivity index (χ3v) is 3.17. The van der Waals surface area contributed by atoms with Crippen LogP contribution in [0.3, 0.4) is 0 Å². The molecule has 0 unspecified atom stereocenters. The molecule has 0 bridgehead atoms. The van der Waals surface area contributed by atoms with Crippen LogP contribution >= 0.6 is 0 Å². The summed E-state index contributed by atoms with van der Waals surface area (Å²) in [6.45, 7) is -0.597. The van der Waals surface area contributed by atoms with E-state index in [4.69, 9.17) is 4.84 Å². The molecule has 0 aliphatic heterocycles. The molecule has 0 saturated carbocycles. The molecule has 0 fully saturated rings. The predicted octanol–water partition coefficient (Wildman–Crippen LogP) is 4.59. The number of amides is 1. The van der Waals surface area contributed by atoms with Crippen LogP contribution < -0.4 is 5.48 Å². The number of carbonyl (C=O) groups excluding carboxylic acids is 1. The second-order valence-electron chi connectivity index (χ2n) is 4.95. The number of carbonyl (C=O) groups is 1. The number of alkyl halides is 6. The van der Waals surface area contributed by atoms with E-state index >= 15 is 0 Å². The molecule has 0 aromatic heterocycles. The second-order valence-corrected chi connectivity index (χ2v) is 4.95. The molecular weight excluding hydrogens is 352 g/mol. The lowest BCUT2D eigenvalue weighted by Crippen LogP contribution is -2.24. The Balaban J connectivity index is 2.03. The third-order valence-electron chi connectivity index (χ3n) is 3.17. The fourth-order valence-corrected chi connectivity index (χ4v) is 2.00. The summed E-state index contributed by atoms with van der Waals surface area (Å²) >= 11 is 0. The highest BCUT2D eigenvalue weighted by atomic mass is 19.4. The number of halogens is 6. The Kier molecular flexibility index (Phi) is 5.36. The molecule has 0 aliphatic carbocycles.